The highest BCUT2D eigenvalue weighted by Crippen LogP contribution is 2.12. The van der Waals surface area contributed by atoms with Crippen molar-refractivity contribution in [1.29, 1.82) is 0 Å². The molecule has 402 valence electrons. The Morgan fingerprint density at radius 2 is 0.556 bits per heavy atom. The smallest absolute Gasteiger partial charge is 0.306 e. The second kappa shape index (κ2) is 58.6. The third kappa shape index (κ3) is 56.0. The third-order valence-electron chi connectivity index (χ3n) is 11.2. The molecule has 0 saturated carbocycles. The summed E-state index contributed by atoms with van der Waals surface area (Å²) >= 11 is 0. The first-order chi connectivity index (χ1) is 35.5. The van der Waals surface area contributed by atoms with E-state index in [-0.39, 0.29) is 38.0 Å². The van der Waals surface area contributed by atoms with Gasteiger partial charge in [0.25, 0.3) is 0 Å². The van der Waals surface area contributed by atoms with E-state index in [1.165, 1.54) is 44.9 Å². The molecule has 0 N–H and O–H groups in total. The fourth-order valence-electron chi connectivity index (χ4n) is 7.05. The maximum Gasteiger partial charge on any atom is 0.306 e. The molecule has 0 fully saturated rings. The zero-order valence-electron chi connectivity index (χ0n) is 45.9. The Kier molecular flexibility index (Phi) is 54.6. The Morgan fingerprint density at radius 1 is 0.292 bits per heavy atom. The highest BCUT2D eigenvalue weighted by molar-refractivity contribution is 5.71. The van der Waals surface area contributed by atoms with Gasteiger partial charge in [-0.15, -0.1) is 0 Å². The van der Waals surface area contributed by atoms with Crippen LogP contribution in [0.5, 0.6) is 0 Å². The van der Waals surface area contributed by atoms with E-state index in [1.807, 2.05) is 0 Å². The molecule has 1 atom stereocenters. The van der Waals surface area contributed by atoms with Crippen LogP contribution in [0.15, 0.2) is 158 Å². The Hall–Kier alpha value is -4.97. The fraction of sp³-hybridized carbons (Fsp3) is 0.561. The molecule has 0 radical (unpaired) electrons. The lowest BCUT2D eigenvalue weighted by atomic mass is 10.1. The highest BCUT2D eigenvalue weighted by atomic mass is 16.6. The highest BCUT2D eigenvalue weighted by Gasteiger charge is 2.19. The average molecular weight is 992 g/mol. The lowest BCUT2D eigenvalue weighted by Gasteiger charge is -2.18. The van der Waals surface area contributed by atoms with Gasteiger partial charge in [-0.25, -0.2) is 0 Å². The van der Waals surface area contributed by atoms with E-state index >= 15 is 0 Å². The molecule has 0 aliphatic rings. The molecule has 6 heteroatoms. The van der Waals surface area contributed by atoms with Crippen LogP contribution >= 0.6 is 0 Å². The first-order valence-electron chi connectivity index (χ1n) is 28.5. The zero-order valence-corrected chi connectivity index (χ0v) is 45.9. The van der Waals surface area contributed by atoms with E-state index in [9.17, 15) is 14.4 Å². The van der Waals surface area contributed by atoms with Crippen molar-refractivity contribution in [3.8, 4) is 0 Å². The topological polar surface area (TPSA) is 78.9 Å². The van der Waals surface area contributed by atoms with Crippen LogP contribution < -0.4 is 0 Å². The van der Waals surface area contributed by atoms with Gasteiger partial charge in [0.05, 0.1) is 0 Å². The lowest BCUT2D eigenvalue weighted by molar-refractivity contribution is -0.167. The van der Waals surface area contributed by atoms with Gasteiger partial charge in [-0.3, -0.25) is 14.4 Å². The van der Waals surface area contributed by atoms with Crippen LogP contribution in [-0.2, 0) is 28.6 Å². The normalized spacial score (nSPS) is 13.3. The summed E-state index contributed by atoms with van der Waals surface area (Å²) in [5.74, 6) is -1.07. The molecule has 1 unspecified atom stereocenters. The Morgan fingerprint density at radius 3 is 0.917 bits per heavy atom. The van der Waals surface area contributed by atoms with E-state index in [0.29, 0.717) is 19.3 Å². The van der Waals surface area contributed by atoms with Crippen LogP contribution in [-0.4, -0.2) is 37.2 Å². The van der Waals surface area contributed by atoms with Gasteiger partial charge < -0.3 is 14.2 Å². The van der Waals surface area contributed by atoms with Crippen molar-refractivity contribution in [2.24, 2.45) is 0 Å². The van der Waals surface area contributed by atoms with E-state index in [0.717, 1.165) is 122 Å². The number of carbonyl (C=O) groups is 3. The first-order valence-corrected chi connectivity index (χ1v) is 28.5. The minimum atomic E-state index is -0.843. The average Bonchev–Trinajstić information content (AvgIpc) is 3.38. The molecular formula is C66H102O6. The minimum absolute atomic E-state index is 0.130. The van der Waals surface area contributed by atoms with Gasteiger partial charge in [-0.1, -0.05) is 224 Å². The predicted molar refractivity (Wildman–Crippen MR) is 311 cm³/mol. The second-order valence-corrected chi connectivity index (χ2v) is 18.1. The van der Waals surface area contributed by atoms with Gasteiger partial charge in [0.15, 0.2) is 6.10 Å². The number of allylic oxidation sites excluding steroid dienone is 26. The van der Waals surface area contributed by atoms with E-state index in [4.69, 9.17) is 14.2 Å². The molecule has 0 spiro atoms. The monoisotopic (exact) mass is 991 g/mol. The summed E-state index contributed by atoms with van der Waals surface area (Å²) in [5.41, 5.74) is 0. The molecular weight excluding hydrogens is 889 g/mol. The second-order valence-electron chi connectivity index (χ2n) is 18.1. The number of esters is 3. The lowest BCUT2D eigenvalue weighted by Crippen LogP contribution is -2.30. The van der Waals surface area contributed by atoms with Crippen molar-refractivity contribution < 1.29 is 28.6 Å². The van der Waals surface area contributed by atoms with Gasteiger partial charge in [0, 0.05) is 19.3 Å². The number of rotatable bonds is 49. The van der Waals surface area contributed by atoms with E-state index in [1.54, 1.807) is 0 Å². The maximum absolute atomic E-state index is 12.8. The third-order valence-corrected chi connectivity index (χ3v) is 11.2. The molecule has 0 saturated heterocycles. The molecule has 0 aliphatic heterocycles. The fourth-order valence-corrected chi connectivity index (χ4v) is 7.05. The van der Waals surface area contributed by atoms with Crippen LogP contribution in [0, 0.1) is 0 Å². The molecule has 0 aromatic rings. The first kappa shape index (κ1) is 67.0. The number of hydrogen-bond donors (Lipinski definition) is 0. The Bertz CT molecular complexity index is 1660. The number of ether oxygens (including phenoxy) is 3. The molecule has 72 heavy (non-hydrogen) atoms. The molecule has 0 aromatic heterocycles. The molecule has 0 amide bonds. The summed E-state index contributed by atoms with van der Waals surface area (Å²) in [6, 6.07) is 0. The van der Waals surface area contributed by atoms with Crippen LogP contribution in [0.1, 0.15) is 220 Å². The van der Waals surface area contributed by atoms with Crippen LogP contribution in [0.25, 0.3) is 0 Å². The molecule has 0 aliphatic carbocycles. The van der Waals surface area contributed by atoms with Gasteiger partial charge in [0.1, 0.15) is 13.2 Å². The number of hydrogen-bond acceptors (Lipinski definition) is 6. The number of carbonyl (C=O) groups excluding carboxylic acids is 3. The number of unbranched alkanes of at least 4 members (excludes halogenated alkanes) is 12. The Balaban J connectivity index is 4.60. The summed E-state index contributed by atoms with van der Waals surface area (Å²) in [6.07, 6.45) is 85.3. The van der Waals surface area contributed by atoms with Crippen molar-refractivity contribution in [3.05, 3.63) is 158 Å². The predicted octanol–water partition coefficient (Wildman–Crippen LogP) is 19.4. The standard InChI is InChI=1S/C66H102O6/c1-4-7-10-13-16-19-22-25-28-30-31-32-33-34-35-37-38-41-44-47-50-53-56-59-65(68)71-62-63(61-70-64(67)58-55-52-49-46-43-40-27-24-21-18-15-12-9-6-3)72-66(69)60-57-54-51-48-45-42-39-36-29-26-23-20-17-14-11-8-5-2/h7-8,10-11,16-17,19-20,24-29,31-32,34-35,38-39,41-42,47-48,50-51,63H,4-6,9,12-15,18,21-23,30,33,36-37,40,43-46,49,52-62H2,1-3H3/b10-7-,11-8-,19-16-,20-17-,27-24-,28-25-,29-26-,32-31-,35-34-,41-38-,42-39-,50-47-,51-48-. The zero-order chi connectivity index (χ0) is 52.2. The van der Waals surface area contributed by atoms with Gasteiger partial charge in [-0.05, 0) is 135 Å². The molecule has 0 rings (SSSR count). The molecule has 0 aromatic carbocycles. The molecule has 0 heterocycles. The summed E-state index contributed by atoms with van der Waals surface area (Å²) in [4.78, 5) is 38.1. The minimum Gasteiger partial charge on any atom is -0.462 e. The van der Waals surface area contributed by atoms with Crippen molar-refractivity contribution in [1.82, 2.24) is 0 Å². The van der Waals surface area contributed by atoms with Crippen molar-refractivity contribution >= 4 is 17.9 Å². The van der Waals surface area contributed by atoms with Gasteiger partial charge in [0.2, 0.25) is 0 Å². The van der Waals surface area contributed by atoms with Gasteiger partial charge >= 0.3 is 17.9 Å². The van der Waals surface area contributed by atoms with Crippen molar-refractivity contribution in [2.45, 2.75) is 226 Å². The molecule has 0 bridgehead atoms. The molecule has 6 nitrogen and oxygen atoms in total. The van der Waals surface area contributed by atoms with E-state index < -0.39 is 12.1 Å². The largest absolute Gasteiger partial charge is 0.462 e. The Labute approximate surface area is 441 Å². The quantitative estimate of drug-likeness (QED) is 0.0262. The van der Waals surface area contributed by atoms with E-state index in [2.05, 4.69) is 179 Å². The van der Waals surface area contributed by atoms with Crippen LogP contribution in [0.2, 0.25) is 0 Å². The summed E-state index contributed by atoms with van der Waals surface area (Å²) in [5, 5.41) is 0. The van der Waals surface area contributed by atoms with Crippen molar-refractivity contribution in [3.63, 3.8) is 0 Å². The van der Waals surface area contributed by atoms with Crippen molar-refractivity contribution in [2.75, 3.05) is 13.2 Å². The summed E-state index contributed by atoms with van der Waals surface area (Å²) < 4.78 is 16.7. The maximum atomic E-state index is 12.8. The van der Waals surface area contributed by atoms with Crippen LogP contribution in [0.4, 0.5) is 0 Å². The SMILES string of the molecule is CC/C=C\C/C=C\C/C=C\C/C=C\C/C=C\C/C=C\C/C=C\CCCC(=O)OCC(COC(=O)CCCCCCC/C=C\CCCCCCC)OC(=O)CCC/C=C\C/C=C\C/C=C\C/C=C\C/C=C\CC. The summed E-state index contributed by atoms with van der Waals surface area (Å²) in [7, 11) is 0. The van der Waals surface area contributed by atoms with Crippen LogP contribution in [0.3, 0.4) is 0 Å². The van der Waals surface area contributed by atoms with Gasteiger partial charge in [-0.2, -0.15) is 0 Å². The summed E-state index contributed by atoms with van der Waals surface area (Å²) in [6.45, 7) is 6.28.